The second-order valence-corrected chi connectivity index (χ2v) is 14.4. The van der Waals surface area contributed by atoms with Crippen molar-refractivity contribution < 1.29 is 28.2 Å². The zero-order valence-electron chi connectivity index (χ0n) is 26.5. The van der Waals surface area contributed by atoms with Crippen molar-refractivity contribution in [3.8, 4) is 16.9 Å². The van der Waals surface area contributed by atoms with Crippen molar-refractivity contribution in [3.05, 3.63) is 81.5 Å². The molecule has 2 heterocycles. The Kier molecular flexibility index (Phi) is 9.89. The Morgan fingerprint density at radius 2 is 1.76 bits per heavy atom. The van der Waals surface area contributed by atoms with E-state index in [1.165, 1.54) is 0 Å². The standard InChI is InChI=1S/C35H38ClF2N3O4S/c1-19-6-7-22(17-39-19)21-10-15-27(45-5)23(16-21)18-41(24-11-8-20(9-12-24)32(35(2,3)4)40-34(43)44)33(42)31-29(36)28-25(37)13-14-26(38)30(28)46-31/h6-7,10,13-17,20,24,32,40H,8-9,11-12,18H2,1-5H3,(H,43,44). The number of halogens is 3. The number of hydrogen-bond acceptors (Lipinski definition) is 5. The molecule has 1 aliphatic rings. The lowest BCUT2D eigenvalue weighted by atomic mass is 9.72. The maximum absolute atomic E-state index is 14.8. The molecular formula is C35H38ClF2N3O4S. The fourth-order valence-corrected chi connectivity index (χ4v) is 8.06. The minimum atomic E-state index is -1.06. The van der Waals surface area contributed by atoms with Crippen molar-refractivity contribution in [2.24, 2.45) is 11.3 Å². The number of methoxy groups -OCH3 is 1. The molecule has 244 valence electrons. The monoisotopic (exact) mass is 669 g/mol. The number of thiophene rings is 1. The Labute approximate surface area is 276 Å². The van der Waals surface area contributed by atoms with E-state index in [9.17, 15) is 23.5 Å². The van der Waals surface area contributed by atoms with Gasteiger partial charge in [0.15, 0.2) is 0 Å². The van der Waals surface area contributed by atoms with E-state index in [1.54, 1.807) is 18.2 Å². The van der Waals surface area contributed by atoms with Crippen LogP contribution in [0.15, 0.2) is 48.7 Å². The predicted octanol–water partition coefficient (Wildman–Crippen LogP) is 9.10. The number of aryl methyl sites for hydroxylation is 1. The summed E-state index contributed by atoms with van der Waals surface area (Å²) in [4.78, 5) is 32.3. The van der Waals surface area contributed by atoms with E-state index in [4.69, 9.17) is 16.3 Å². The molecule has 2 aromatic heterocycles. The van der Waals surface area contributed by atoms with Gasteiger partial charge in [0.25, 0.3) is 5.91 Å². The van der Waals surface area contributed by atoms with Crippen LogP contribution in [0.3, 0.4) is 0 Å². The molecule has 5 rings (SSSR count). The number of aromatic nitrogens is 1. The van der Waals surface area contributed by atoms with Crippen molar-refractivity contribution >= 4 is 45.0 Å². The zero-order chi connectivity index (χ0) is 33.3. The predicted molar refractivity (Wildman–Crippen MR) is 178 cm³/mol. The van der Waals surface area contributed by atoms with Gasteiger partial charge in [-0.3, -0.25) is 9.78 Å². The molecule has 2 N–H and O–H groups in total. The summed E-state index contributed by atoms with van der Waals surface area (Å²) in [5, 5.41) is 12.0. The van der Waals surface area contributed by atoms with Crippen LogP contribution in [-0.4, -0.2) is 46.2 Å². The SMILES string of the molecule is COc1ccc(-c2ccc(C)nc2)cc1CN(C(=O)c1sc2c(F)ccc(F)c2c1Cl)C1CCC(C(NC(=O)O)C(C)(C)C)CC1. The van der Waals surface area contributed by atoms with Crippen LogP contribution in [0.25, 0.3) is 21.2 Å². The smallest absolute Gasteiger partial charge is 0.404 e. The van der Waals surface area contributed by atoms with Gasteiger partial charge < -0.3 is 20.1 Å². The Morgan fingerprint density at radius 1 is 1.09 bits per heavy atom. The number of benzene rings is 2. The number of amides is 2. The molecule has 1 aliphatic carbocycles. The molecule has 1 saturated carbocycles. The van der Waals surface area contributed by atoms with E-state index >= 15 is 0 Å². The minimum Gasteiger partial charge on any atom is -0.496 e. The zero-order valence-corrected chi connectivity index (χ0v) is 28.1. The van der Waals surface area contributed by atoms with Crippen molar-refractivity contribution in [1.82, 2.24) is 15.2 Å². The first-order valence-corrected chi connectivity index (χ1v) is 16.4. The molecule has 1 atom stereocenters. The summed E-state index contributed by atoms with van der Waals surface area (Å²) >= 11 is 7.47. The van der Waals surface area contributed by atoms with Gasteiger partial charge in [-0.2, -0.15) is 0 Å². The lowest BCUT2D eigenvalue weighted by molar-refractivity contribution is 0.0543. The summed E-state index contributed by atoms with van der Waals surface area (Å²) < 4.78 is 35.3. The number of hydrogen-bond donors (Lipinski definition) is 2. The Morgan fingerprint density at radius 3 is 2.35 bits per heavy atom. The molecule has 0 radical (unpaired) electrons. The number of fused-ring (bicyclic) bond motifs is 1. The quantitative estimate of drug-likeness (QED) is 0.195. The molecule has 1 unspecified atom stereocenters. The van der Waals surface area contributed by atoms with Gasteiger partial charge in [-0.15, -0.1) is 11.3 Å². The van der Waals surface area contributed by atoms with Gasteiger partial charge in [-0.25, -0.2) is 13.6 Å². The highest BCUT2D eigenvalue weighted by Gasteiger charge is 2.39. The third-order valence-corrected chi connectivity index (χ3v) is 10.5. The van der Waals surface area contributed by atoms with Crippen LogP contribution in [-0.2, 0) is 6.54 Å². The number of carbonyl (C=O) groups excluding carboxylic acids is 1. The fourth-order valence-electron chi connectivity index (χ4n) is 6.56. The summed E-state index contributed by atoms with van der Waals surface area (Å²) in [6.07, 6.45) is 3.33. The van der Waals surface area contributed by atoms with E-state index in [1.807, 2.05) is 58.0 Å². The molecule has 7 nitrogen and oxygen atoms in total. The molecule has 2 aromatic carbocycles. The van der Waals surface area contributed by atoms with Crippen LogP contribution in [0.4, 0.5) is 13.6 Å². The number of rotatable bonds is 8. The highest BCUT2D eigenvalue weighted by molar-refractivity contribution is 7.21. The van der Waals surface area contributed by atoms with E-state index < -0.39 is 23.6 Å². The number of ether oxygens (including phenoxy) is 1. The van der Waals surface area contributed by atoms with Crippen molar-refractivity contribution in [3.63, 3.8) is 0 Å². The average Bonchev–Trinajstić information content (AvgIpc) is 3.38. The molecule has 4 aromatic rings. The third kappa shape index (κ3) is 6.98. The Hall–Kier alpha value is -3.76. The summed E-state index contributed by atoms with van der Waals surface area (Å²) in [5.41, 5.74) is 3.15. The lowest BCUT2D eigenvalue weighted by Crippen LogP contribution is -2.50. The summed E-state index contributed by atoms with van der Waals surface area (Å²) in [5.74, 6) is -1.09. The first-order valence-electron chi connectivity index (χ1n) is 15.2. The van der Waals surface area contributed by atoms with Gasteiger partial charge in [0, 0.05) is 41.6 Å². The molecule has 0 spiro atoms. The van der Waals surface area contributed by atoms with Gasteiger partial charge >= 0.3 is 6.09 Å². The van der Waals surface area contributed by atoms with Crippen molar-refractivity contribution in [2.45, 2.75) is 72.0 Å². The van der Waals surface area contributed by atoms with Crippen LogP contribution in [0.5, 0.6) is 5.75 Å². The number of pyridine rings is 1. The molecule has 2 amide bonds. The Bertz CT molecular complexity index is 1750. The number of carboxylic acid groups (broad SMARTS) is 1. The van der Waals surface area contributed by atoms with Gasteiger partial charge in [0.1, 0.15) is 22.3 Å². The van der Waals surface area contributed by atoms with Crippen LogP contribution >= 0.6 is 22.9 Å². The summed E-state index contributed by atoms with van der Waals surface area (Å²) in [6, 6.07) is 11.2. The first kappa shape index (κ1) is 33.6. The second-order valence-electron chi connectivity index (χ2n) is 13.0. The maximum Gasteiger partial charge on any atom is 0.404 e. The fraction of sp³-hybridized carbons (Fsp3) is 0.400. The normalized spacial score (nSPS) is 17.5. The molecule has 46 heavy (non-hydrogen) atoms. The van der Waals surface area contributed by atoms with Gasteiger partial charge in [0.2, 0.25) is 0 Å². The largest absolute Gasteiger partial charge is 0.496 e. The molecular weight excluding hydrogens is 632 g/mol. The highest BCUT2D eigenvalue weighted by atomic mass is 35.5. The number of nitrogens with one attached hydrogen (secondary N) is 1. The molecule has 0 bridgehead atoms. The topological polar surface area (TPSA) is 91.8 Å². The highest BCUT2D eigenvalue weighted by Crippen LogP contribution is 2.42. The summed E-state index contributed by atoms with van der Waals surface area (Å²) in [7, 11) is 1.57. The van der Waals surface area contributed by atoms with Crippen LogP contribution in [0.1, 0.15) is 67.4 Å². The molecule has 11 heteroatoms. The third-order valence-electron chi connectivity index (χ3n) is 8.87. The minimum absolute atomic E-state index is 0.00350. The summed E-state index contributed by atoms with van der Waals surface area (Å²) in [6.45, 7) is 8.12. The van der Waals surface area contributed by atoms with Gasteiger partial charge in [-0.1, -0.05) is 44.5 Å². The number of nitrogens with zero attached hydrogens (tertiary/aromatic N) is 2. The number of carbonyl (C=O) groups is 2. The molecule has 1 fully saturated rings. The van der Waals surface area contributed by atoms with Crippen LogP contribution in [0, 0.1) is 29.9 Å². The lowest BCUT2D eigenvalue weighted by Gasteiger charge is -2.43. The average molecular weight is 670 g/mol. The molecule has 0 saturated heterocycles. The Balaban J connectivity index is 1.53. The van der Waals surface area contributed by atoms with Crippen LogP contribution < -0.4 is 10.1 Å². The first-order chi connectivity index (χ1) is 21.8. The molecule has 0 aliphatic heterocycles. The van der Waals surface area contributed by atoms with Gasteiger partial charge in [-0.05, 0) is 79.8 Å². The van der Waals surface area contributed by atoms with Crippen molar-refractivity contribution in [1.29, 1.82) is 0 Å². The maximum atomic E-state index is 14.8. The van der Waals surface area contributed by atoms with Crippen LogP contribution in [0.2, 0.25) is 5.02 Å². The van der Waals surface area contributed by atoms with E-state index in [-0.39, 0.29) is 49.9 Å². The van der Waals surface area contributed by atoms with Gasteiger partial charge in [0.05, 0.1) is 22.2 Å². The van der Waals surface area contributed by atoms with E-state index in [0.717, 1.165) is 45.9 Å². The van der Waals surface area contributed by atoms with E-state index in [2.05, 4.69) is 10.3 Å². The van der Waals surface area contributed by atoms with Crippen molar-refractivity contribution in [2.75, 3.05) is 7.11 Å². The second kappa shape index (κ2) is 13.5. The van der Waals surface area contributed by atoms with E-state index in [0.29, 0.717) is 31.4 Å².